The van der Waals surface area contributed by atoms with Crippen LogP contribution in [-0.2, 0) is 14.8 Å². The van der Waals surface area contributed by atoms with Gasteiger partial charge in [-0.3, -0.25) is 9.52 Å². The highest BCUT2D eigenvalue weighted by atomic mass is 35.5. The van der Waals surface area contributed by atoms with Crippen LogP contribution in [0.3, 0.4) is 0 Å². The third kappa shape index (κ3) is 6.51. The zero-order valence-electron chi connectivity index (χ0n) is 16.1. The van der Waals surface area contributed by atoms with Gasteiger partial charge >= 0.3 is 0 Å². The number of rotatable bonds is 7. The van der Waals surface area contributed by atoms with Crippen molar-refractivity contribution in [3.05, 3.63) is 81.8 Å². The van der Waals surface area contributed by atoms with E-state index in [9.17, 15) is 13.2 Å². The summed E-state index contributed by atoms with van der Waals surface area (Å²) in [5, 5.41) is 3.77. The number of halogens is 3. The van der Waals surface area contributed by atoms with E-state index in [1.54, 1.807) is 31.2 Å². The van der Waals surface area contributed by atoms with Gasteiger partial charge in [0.15, 0.2) is 6.10 Å². The molecule has 31 heavy (non-hydrogen) atoms. The van der Waals surface area contributed by atoms with Crippen LogP contribution in [0.4, 0.5) is 11.4 Å². The number of carbonyl (C=O) groups is 1. The normalized spacial score (nSPS) is 12.1. The lowest BCUT2D eigenvalue weighted by atomic mass is 10.3. The van der Waals surface area contributed by atoms with E-state index in [-0.39, 0.29) is 10.6 Å². The summed E-state index contributed by atoms with van der Waals surface area (Å²) in [4.78, 5) is 12.4. The van der Waals surface area contributed by atoms with E-state index in [1.165, 1.54) is 42.5 Å². The Hall–Kier alpha value is -2.45. The summed E-state index contributed by atoms with van der Waals surface area (Å²) in [5.41, 5.74) is 0.651. The topological polar surface area (TPSA) is 84.5 Å². The maximum Gasteiger partial charge on any atom is 0.265 e. The number of carbonyl (C=O) groups excluding carboxylic acids is 1. The number of anilines is 2. The summed E-state index contributed by atoms with van der Waals surface area (Å²) in [7, 11) is -3.87. The Morgan fingerprint density at radius 1 is 0.871 bits per heavy atom. The van der Waals surface area contributed by atoms with Crippen LogP contribution in [0.15, 0.2) is 71.6 Å². The van der Waals surface area contributed by atoms with Gasteiger partial charge in [0.2, 0.25) is 0 Å². The fourth-order valence-electron chi connectivity index (χ4n) is 2.59. The van der Waals surface area contributed by atoms with Gasteiger partial charge in [0.1, 0.15) is 5.75 Å². The molecule has 0 aromatic heterocycles. The van der Waals surface area contributed by atoms with E-state index < -0.39 is 22.0 Å². The number of benzene rings is 3. The van der Waals surface area contributed by atoms with Crippen LogP contribution in [0.25, 0.3) is 0 Å². The van der Waals surface area contributed by atoms with E-state index in [1.807, 2.05) is 0 Å². The Kier molecular flexibility index (Phi) is 7.33. The first-order valence-corrected chi connectivity index (χ1v) is 11.6. The van der Waals surface area contributed by atoms with E-state index in [0.717, 1.165) is 0 Å². The fourth-order valence-corrected chi connectivity index (χ4v) is 4.33. The lowest BCUT2D eigenvalue weighted by Crippen LogP contribution is -2.30. The molecule has 0 spiro atoms. The van der Waals surface area contributed by atoms with Crippen LogP contribution in [0.5, 0.6) is 5.75 Å². The summed E-state index contributed by atoms with van der Waals surface area (Å²) in [6.07, 6.45) is -0.795. The van der Waals surface area contributed by atoms with Crippen molar-refractivity contribution >= 4 is 62.1 Å². The van der Waals surface area contributed by atoms with E-state index in [2.05, 4.69) is 10.0 Å². The third-order valence-corrected chi connectivity index (χ3v) is 6.09. The van der Waals surface area contributed by atoms with Gasteiger partial charge in [0, 0.05) is 20.8 Å². The lowest BCUT2D eigenvalue weighted by molar-refractivity contribution is -0.122. The fraction of sp³-hybridized carbons (Fsp3) is 0.0952. The number of ether oxygens (including phenoxy) is 1. The molecule has 3 aromatic carbocycles. The second kappa shape index (κ2) is 9.78. The van der Waals surface area contributed by atoms with Gasteiger partial charge in [0.25, 0.3) is 15.9 Å². The quantitative estimate of drug-likeness (QED) is 0.427. The first-order valence-electron chi connectivity index (χ1n) is 8.94. The maximum absolute atomic E-state index is 12.6. The molecule has 0 heterocycles. The molecule has 3 aromatic rings. The highest BCUT2D eigenvalue weighted by Gasteiger charge is 2.17. The van der Waals surface area contributed by atoms with Crippen LogP contribution in [0.1, 0.15) is 6.92 Å². The molecule has 0 fully saturated rings. The smallest absolute Gasteiger partial charge is 0.265 e. The van der Waals surface area contributed by atoms with Gasteiger partial charge in [-0.1, -0.05) is 40.9 Å². The van der Waals surface area contributed by atoms with E-state index in [0.29, 0.717) is 26.5 Å². The van der Waals surface area contributed by atoms with Crippen molar-refractivity contribution in [2.75, 3.05) is 10.0 Å². The Morgan fingerprint density at radius 3 is 2.13 bits per heavy atom. The molecular formula is C21H17Cl3N2O4S. The van der Waals surface area contributed by atoms with Gasteiger partial charge < -0.3 is 10.1 Å². The number of hydrogen-bond acceptors (Lipinski definition) is 4. The number of nitrogens with one attached hydrogen (secondary N) is 2. The summed E-state index contributed by atoms with van der Waals surface area (Å²) in [6.45, 7) is 1.59. The van der Waals surface area contributed by atoms with Crippen molar-refractivity contribution in [2.45, 2.75) is 17.9 Å². The van der Waals surface area contributed by atoms with Crippen LogP contribution in [0, 0.1) is 0 Å². The average molecular weight is 500 g/mol. The molecule has 0 aliphatic heterocycles. The highest BCUT2D eigenvalue weighted by molar-refractivity contribution is 7.92. The van der Waals surface area contributed by atoms with Crippen molar-refractivity contribution in [1.82, 2.24) is 0 Å². The van der Waals surface area contributed by atoms with Gasteiger partial charge in [-0.15, -0.1) is 0 Å². The maximum atomic E-state index is 12.6. The van der Waals surface area contributed by atoms with Crippen molar-refractivity contribution in [1.29, 1.82) is 0 Å². The molecular weight excluding hydrogens is 483 g/mol. The zero-order valence-corrected chi connectivity index (χ0v) is 19.2. The Morgan fingerprint density at radius 2 is 1.52 bits per heavy atom. The molecule has 162 valence electrons. The average Bonchev–Trinajstić information content (AvgIpc) is 2.67. The van der Waals surface area contributed by atoms with Crippen molar-refractivity contribution < 1.29 is 17.9 Å². The lowest BCUT2D eigenvalue weighted by Gasteiger charge is -2.15. The summed E-state index contributed by atoms with van der Waals surface area (Å²) >= 11 is 17.7. The molecule has 0 aliphatic carbocycles. The first kappa shape index (κ1) is 23.2. The molecule has 6 nitrogen and oxygen atoms in total. The minimum Gasteiger partial charge on any atom is -0.481 e. The van der Waals surface area contributed by atoms with Crippen molar-refractivity contribution in [3.63, 3.8) is 0 Å². The predicted octanol–water partition coefficient (Wildman–Crippen LogP) is 5.85. The zero-order chi connectivity index (χ0) is 22.6. The highest BCUT2D eigenvalue weighted by Crippen LogP contribution is 2.25. The minimum atomic E-state index is -3.87. The molecule has 10 heteroatoms. The SMILES string of the molecule is CC(Oc1cccc(Cl)c1)C(=O)Nc1ccc(S(=O)(=O)Nc2cc(Cl)cc(Cl)c2)cc1. The molecule has 3 rings (SSSR count). The number of amides is 1. The molecule has 0 radical (unpaired) electrons. The number of hydrogen-bond donors (Lipinski definition) is 2. The molecule has 0 saturated carbocycles. The summed E-state index contributed by atoms with van der Waals surface area (Å²) in [5.74, 6) is 0.0612. The van der Waals surface area contributed by atoms with Gasteiger partial charge in [0.05, 0.1) is 10.6 Å². The summed E-state index contributed by atoms with van der Waals surface area (Å²) in [6, 6.07) is 16.8. The summed E-state index contributed by atoms with van der Waals surface area (Å²) < 4.78 is 33.1. The monoisotopic (exact) mass is 498 g/mol. The van der Waals surface area contributed by atoms with Crippen LogP contribution >= 0.6 is 34.8 Å². The standard InChI is InChI=1S/C21H17Cl3N2O4S/c1-13(30-19-4-2-3-14(22)12-19)21(27)25-17-5-7-20(8-6-17)31(28,29)26-18-10-15(23)9-16(24)11-18/h2-13,26H,1H3,(H,25,27). The molecule has 1 atom stereocenters. The Balaban J connectivity index is 1.65. The minimum absolute atomic E-state index is 0.00447. The molecule has 0 saturated heterocycles. The first-order chi connectivity index (χ1) is 14.6. The second-order valence-corrected chi connectivity index (χ2v) is 9.49. The van der Waals surface area contributed by atoms with Gasteiger partial charge in [-0.05, 0) is 67.6 Å². The predicted molar refractivity (Wildman–Crippen MR) is 124 cm³/mol. The Labute approximate surface area is 195 Å². The molecule has 0 bridgehead atoms. The van der Waals surface area contributed by atoms with Gasteiger partial charge in [-0.2, -0.15) is 0 Å². The van der Waals surface area contributed by atoms with Crippen LogP contribution in [0.2, 0.25) is 15.1 Å². The Bertz CT molecular complexity index is 1180. The van der Waals surface area contributed by atoms with Crippen LogP contribution in [-0.4, -0.2) is 20.4 Å². The molecule has 1 amide bonds. The largest absolute Gasteiger partial charge is 0.481 e. The van der Waals surface area contributed by atoms with E-state index in [4.69, 9.17) is 39.5 Å². The molecule has 0 aliphatic rings. The molecule has 1 unspecified atom stereocenters. The van der Waals surface area contributed by atoms with E-state index >= 15 is 0 Å². The number of sulfonamides is 1. The third-order valence-electron chi connectivity index (χ3n) is 4.03. The molecule has 2 N–H and O–H groups in total. The van der Waals surface area contributed by atoms with Crippen molar-refractivity contribution in [2.24, 2.45) is 0 Å². The van der Waals surface area contributed by atoms with Crippen LogP contribution < -0.4 is 14.8 Å². The van der Waals surface area contributed by atoms with Crippen molar-refractivity contribution in [3.8, 4) is 5.75 Å². The van der Waals surface area contributed by atoms with Gasteiger partial charge in [-0.25, -0.2) is 8.42 Å². The second-order valence-electron chi connectivity index (χ2n) is 6.49.